The minimum atomic E-state index is -4.64. The molecule has 2 aromatic rings. The highest BCUT2D eigenvalue weighted by molar-refractivity contribution is 6.33. The molecule has 29 heavy (non-hydrogen) atoms. The molecule has 0 bridgehead atoms. The summed E-state index contributed by atoms with van der Waals surface area (Å²) in [4.78, 5) is 13.8. The average molecular weight is 436 g/mol. The standard InChI is InChI=1S/C19H15ClF5NO3/c20-15-2-1-10(19(23,24)25)5-14(15)18(28)26-4-3-17(16(27)9-26)29-13-7-11(21)6-12(22)8-13/h1-2,5-8,16-17,27H,3-4,9H2/t16-,17-/m1/s1. The number of halogens is 6. The molecule has 0 aromatic heterocycles. The first-order chi connectivity index (χ1) is 13.5. The van der Waals surface area contributed by atoms with Crippen LogP contribution in [0, 0.1) is 11.6 Å². The second-order valence-corrected chi connectivity index (χ2v) is 6.97. The van der Waals surface area contributed by atoms with Crippen molar-refractivity contribution in [1.82, 2.24) is 4.90 Å². The molecular formula is C19H15ClF5NO3. The average Bonchev–Trinajstić information content (AvgIpc) is 2.61. The maximum absolute atomic E-state index is 13.3. The molecule has 1 amide bonds. The van der Waals surface area contributed by atoms with E-state index in [1.165, 1.54) is 0 Å². The second-order valence-electron chi connectivity index (χ2n) is 6.56. The van der Waals surface area contributed by atoms with Crippen LogP contribution in [-0.4, -0.2) is 41.2 Å². The molecule has 0 unspecified atom stereocenters. The predicted octanol–water partition coefficient (Wildman–Crippen LogP) is 4.29. The number of alkyl halides is 3. The van der Waals surface area contributed by atoms with Gasteiger partial charge in [0.05, 0.1) is 22.7 Å². The van der Waals surface area contributed by atoms with E-state index in [1.807, 2.05) is 0 Å². The molecule has 1 saturated heterocycles. The Morgan fingerprint density at radius 2 is 1.79 bits per heavy atom. The van der Waals surface area contributed by atoms with Crippen LogP contribution < -0.4 is 4.74 Å². The molecule has 0 saturated carbocycles. The number of carbonyl (C=O) groups is 1. The van der Waals surface area contributed by atoms with Crippen molar-refractivity contribution < 1.29 is 36.6 Å². The van der Waals surface area contributed by atoms with Gasteiger partial charge >= 0.3 is 6.18 Å². The number of carbonyl (C=O) groups excluding carboxylic acids is 1. The summed E-state index contributed by atoms with van der Waals surface area (Å²) in [5, 5.41) is 10.1. The summed E-state index contributed by atoms with van der Waals surface area (Å²) < 4.78 is 70.6. The zero-order chi connectivity index (χ0) is 21.3. The number of aliphatic hydroxyl groups excluding tert-OH is 1. The molecule has 0 aliphatic carbocycles. The quantitative estimate of drug-likeness (QED) is 0.732. The monoisotopic (exact) mass is 435 g/mol. The van der Waals surface area contributed by atoms with Crippen LogP contribution in [0.4, 0.5) is 22.0 Å². The topological polar surface area (TPSA) is 49.8 Å². The number of hydrogen-bond donors (Lipinski definition) is 1. The molecule has 1 heterocycles. The fourth-order valence-corrected chi connectivity index (χ4v) is 3.24. The van der Waals surface area contributed by atoms with Gasteiger partial charge in [0.25, 0.3) is 5.91 Å². The number of β-amino-alcohol motifs (C(OH)–C–C–N with tert-alkyl or cyclic N) is 1. The number of nitrogens with zero attached hydrogens (tertiary/aromatic N) is 1. The van der Waals surface area contributed by atoms with Gasteiger partial charge in [-0.3, -0.25) is 4.79 Å². The minimum absolute atomic E-state index is 0.0466. The summed E-state index contributed by atoms with van der Waals surface area (Å²) in [6.45, 7) is -0.196. The van der Waals surface area contributed by atoms with Gasteiger partial charge in [0, 0.05) is 31.2 Å². The van der Waals surface area contributed by atoms with Gasteiger partial charge < -0.3 is 14.7 Å². The molecule has 1 fully saturated rings. The zero-order valence-corrected chi connectivity index (χ0v) is 15.5. The smallest absolute Gasteiger partial charge is 0.416 e. The molecule has 10 heteroatoms. The van der Waals surface area contributed by atoms with Crippen molar-refractivity contribution in [2.45, 2.75) is 24.8 Å². The fourth-order valence-electron chi connectivity index (χ4n) is 3.04. The van der Waals surface area contributed by atoms with Gasteiger partial charge in [-0.1, -0.05) is 11.6 Å². The molecule has 1 aliphatic rings. The summed E-state index contributed by atoms with van der Waals surface area (Å²) in [6, 6.07) is 5.00. The van der Waals surface area contributed by atoms with Crippen LogP contribution in [0.2, 0.25) is 5.02 Å². The van der Waals surface area contributed by atoms with E-state index in [4.69, 9.17) is 16.3 Å². The number of rotatable bonds is 3. The first-order valence-corrected chi connectivity index (χ1v) is 8.89. The minimum Gasteiger partial charge on any atom is -0.487 e. The van der Waals surface area contributed by atoms with Gasteiger partial charge in [-0.15, -0.1) is 0 Å². The van der Waals surface area contributed by atoms with Gasteiger partial charge in [-0.05, 0) is 18.2 Å². The van der Waals surface area contributed by atoms with Crippen molar-refractivity contribution in [3.8, 4) is 5.75 Å². The Morgan fingerprint density at radius 1 is 1.14 bits per heavy atom. The van der Waals surface area contributed by atoms with Crippen molar-refractivity contribution >= 4 is 17.5 Å². The first kappa shape index (κ1) is 21.3. The van der Waals surface area contributed by atoms with Crippen molar-refractivity contribution in [1.29, 1.82) is 0 Å². The van der Waals surface area contributed by atoms with Crippen molar-refractivity contribution in [2.24, 2.45) is 0 Å². The van der Waals surface area contributed by atoms with E-state index in [2.05, 4.69) is 0 Å². The summed E-state index contributed by atoms with van der Waals surface area (Å²) >= 11 is 5.89. The van der Waals surface area contributed by atoms with E-state index in [-0.39, 0.29) is 35.8 Å². The lowest BCUT2D eigenvalue weighted by Gasteiger charge is -2.36. The molecule has 4 nitrogen and oxygen atoms in total. The summed E-state index contributed by atoms with van der Waals surface area (Å²) in [6.07, 6.45) is -6.61. The molecule has 2 atom stereocenters. The maximum atomic E-state index is 13.3. The van der Waals surface area contributed by atoms with Gasteiger partial charge in [0.15, 0.2) is 0 Å². The Hall–Kier alpha value is -2.39. The third-order valence-electron chi connectivity index (χ3n) is 4.45. The normalized spacial score (nSPS) is 19.9. The number of ether oxygens (including phenoxy) is 1. The van der Waals surface area contributed by atoms with Crippen LogP contribution in [0.5, 0.6) is 5.75 Å². The molecular weight excluding hydrogens is 421 g/mol. The lowest BCUT2D eigenvalue weighted by Crippen LogP contribution is -2.51. The summed E-state index contributed by atoms with van der Waals surface area (Å²) in [5.74, 6) is -2.58. The molecule has 2 aromatic carbocycles. The van der Waals surface area contributed by atoms with E-state index < -0.39 is 41.5 Å². The molecule has 1 aliphatic heterocycles. The van der Waals surface area contributed by atoms with Gasteiger partial charge in [-0.25, -0.2) is 8.78 Å². The lowest BCUT2D eigenvalue weighted by atomic mass is 10.0. The number of likely N-dealkylation sites (tertiary alicyclic amines) is 1. The lowest BCUT2D eigenvalue weighted by molar-refractivity contribution is -0.137. The number of hydrogen-bond acceptors (Lipinski definition) is 3. The fraction of sp³-hybridized carbons (Fsp3) is 0.316. The number of benzene rings is 2. The maximum Gasteiger partial charge on any atom is 0.416 e. The van der Waals surface area contributed by atoms with E-state index in [0.29, 0.717) is 12.1 Å². The van der Waals surface area contributed by atoms with Crippen LogP contribution in [0.3, 0.4) is 0 Å². The van der Waals surface area contributed by atoms with Crippen molar-refractivity contribution in [3.63, 3.8) is 0 Å². The van der Waals surface area contributed by atoms with Gasteiger partial charge in [0.1, 0.15) is 29.6 Å². The molecule has 156 valence electrons. The Labute approximate surface area is 167 Å². The Kier molecular flexibility index (Phi) is 6.00. The zero-order valence-electron chi connectivity index (χ0n) is 14.7. The highest BCUT2D eigenvalue weighted by Gasteiger charge is 2.35. The highest BCUT2D eigenvalue weighted by Crippen LogP contribution is 2.32. The highest BCUT2D eigenvalue weighted by atomic mass is 35.5. The Morgan fingerprint density at radius 3 is 2.38 bits per heavy atom. The predicted molar refractivity (Wildman–Crippen MR) is 93.8 cm³/mol. The number of amides is 1. The van der Waals surface area contributed by atoms with Gasteiger partial charge in [-0.2, -0.15) is 13.2 Å². The largest absolute Gasteiger partial charge is 0.487 e. The Balaban J connectivity index is 1.71. The molecule has 0 spiro atoms. The van der Waals surface area contributed by atoms with E-state index in [1.54, 1.807) is 0 Å². The van der Waals surface area contributed by atoms with Crippen LogP contribution >= 0.6 is 11.6 Å². The van der Waals surface area contributed by atoms with Gasteiger partial charge in [0.2, 0.25) is 0 Å². The van der Waals surface area contributed by atoms with Crippen molar-refractivity contribution in [3.05, 3.63) is 64.2 Å². The molecule has 3 rings (SSSR count). The summed E-state index contributed by atoms with van der Waals surface area (Å²) in [5.41, 5.74) is -1.35. The SMILES string of the molecule is O=C(c1cc(C(F)(F)F)ccc1Cl)N1CC[C@@H](Oc2cc(F)cc(F)c2)[C@H](O)C1. The van der Waals surface area contributed by atoms with Crippen LogP contribution in [0.15, 0.2) is 36.4 Å². The first-order valence-electron chi connectivity index (χ1n) is 8.51. The third-order valence-corrected chi connectivity index (χ3v) is 4.78. The third kappa shape index (κ3) is 4.97. The van der Waals surface area contributed by atoms with Crippen LogP contribution in [-0.2, 0) is 6.18 Å². The van der Waals surface area contributed by atoms with E-state index >= 15 is 0 Å². The molecule has 0 radical (unpaired) electrons. The molecule has 1 N–H and O–H groups in total. The number of aliphatic hydroxyl groups is 1. The van der Waals surface area contributed by atoms with Crippen molar-refractivity contribution in [2.75, 3.05) is 13.1 Å². The van der Waals surface area contributed by atoms with E-state index in [9.17, 15) is 31.9 Å². The Bertz CT molecular complexity index is 901. The van der Waals surface area contributed by atoms with Crippen LogP contribution in [0.1, 0.15) is 22.3 Å². The summed E-state index contributed by atoms with van der Waals surface area (Å²) in [7, 11) is 0. The number of piperidine rings is 1. The van der Waals surface area contributed by atoms with E-state index in [0.717, 1.165) is 29.2 Å². The van der Waals surface area contributed by atoms with Crippen LogP contribution in [0.25, 0.3) is 0 Å². The second kappa shape index (κ2) is 8.16.